The molecular weight excluding hydrogens is 270 g/mol. The van der Waals surface area contributed by atoms with E-state index in [2.05, 4.69) is 10.4 Å². The number of hydrogen-bond donors (Lipinski definition) is 2. The Bertz CT molecular complexity index is 637. The first-order chi connectivity index (χ1) is 10.1. The molecule has 1 atom stereocenters. The first-order valence-corrected chi connectivity index (χ1v) is 6.70. The van der Waals surface area contributed by atoms with Gasteiger partial charge in [0, 0.05) is 12.1 Å². The molecule has 0 spiro atoms. The first-order valence-electron chi connectivity index (χ1n) is 6.70. The Morgan fingerprint density at radius 2 is 2.10 bits per heavy atom. The Morgan fingerprint density at radius 3 is 2.67 bits per heavy atom. The van der Waals surface area contributed by atoms with Crippen molar-refractivity contribution in [2.45, 2.75) is 19.5 Å². The third-order valence-electron chi connectivity index (χ3n) is 3.05. The van der Waals surface area contributed by atoms with Gasteiger partial charge >= 0.3 is 0 Å². The van der Waals surface area contributed by atoms with Gasteiger partial charge in [0.25, 0.3) is 5.56 Å². The molecule has 2 aromatic rings. The highest BCUT2D eigenvalue weighted by Gasteiger charge is 2.04. The van der Waals surface area contributed by atoms with Crippen LogP contribution in [0.5, 0.6) is 5.75 Å². The summed E-state index contributed by atoms with van der Waals surface area (Å²) in [6.07, 6.45) is 1.58. The van der Waals surface area contributed by atoms with E-state index in [0.717, 1.165) is 11.3 Å². The Labute approximate surface area is 123 Å². The maximum absolute atomic E-state index is 12.0. The van der Waals surface area contributed by atoms with Crippen molar-refractivity contribution in [1.29, 1.82) is 0 Å². The van der Waals surface area contributed by atoms with Crippen molar-refractivity contribution in [3.63, 3.8) is 0 Å². The van der Waals surface area contributed by atoms with Crippen molar-refractivity contribution in [2.75, 3.05) is 19.0 Å². The van der Waals surface area contributed by atoms with Gasteiger partial charge in [-0.1, -0.05) is 12.1 Å². The average molecular weight is 289 g/mol. The fourth-order valence-corrected chi connectivity index (χ4v) is 1.87. The predicted molar refractivity (Wildman–Crippen MR) is 80.8 cm³/mol. The highest BCUT2D eigenvalue weighted by atomic mass is 16.5. The van der Waals surface area contributed by atoms with Crippen LogP contribution in [0.4, 0.5) is 5.69 Å². The Kier molecular flexibility index (Phi) is 4.94. The zero-order valence-corrected chi connectivity index (χ0v) is 12.1. The van der Waals surface area contributed by atoms with Gasteiger partial charge in [-0.25, -0.2) is 4.68 Å². The molecular formula is C15H19N3O3. The summed E-state index contributed by atoms with van der Waals surface area (Å²) in [6.45, 7) is 2.22. The minimum atomic E-state index is -0.194. The lowest BCUT2D eigenvalue weighted by atomic mass is 10.2. The molecule has 112 valence electrons. The van der Waals surface area contributed by atoms with E-state index < -0.39 is 0 Å². The molecule has 0 aliphatic carbocycles. The number of hydrogen-bond acceptors (Lipinski definition) is 5. The minimum absolute atomic E-state index is 0.00503. The van der Waals surface area contributed by atoms with Crippen LogP contribution in [-0.4, -0.2) is 34.6 Å². The number of nitrogens with one attached hydrogen (secondary N) is 1. The number of methoxy groups -OCH3 is 1. The smallest absolute Gasteiger partial charge is 0.269 e. The third-order valence-corrected chi connectivity index (χ3v) is 3.05. The molecule has 0 saturated heterocycles. The second-order valence-corrected chi connectivity index (χ2v) is 4.82. The van der Waals surface area contributed by atoms with Gasteiger partial charge in [0.2, 0.25) is 0 Å². The third kappa shape index (κ3) is 4.06. The maximum atomic E-state index is 12.0. The van der Waals surface area contributed by atoms with Crippen molar-refractivity contribution < 1.29 is 9.84 Å². The van der Waals surface area contributed by atoms with Gasteiger partial charge in [0.1, 0.15) is 5.75 Å². The number of nitrogens with zero attached hydrogens (tertiary/aromatic N) is 2. The molecule has 6 nitrogen and oxygen atoms in total. The summed E-state index contributed by atoms with van der Waals surface area (Å²) in [4.78, 5) is 12.0. The molecule has 0 amide bonds. The quantitative estimate of drug-likeness (QED) is 0.832. The van der Waals surface area contributed by atoms with Crippen LogP contribution in [0, 0.1) is 0 Å². The molecule has 6 heteroatoms. The van der Waals surface area contributed by atoms with Crippen LogP contribution in [0.15, 0.2) is 41.3 Å². The molecule has 21 heavy (non-hydrogen) atoms. The van der Waals surface area contributed by atoms with E-state index in [9.17, 15) is 4.79 Å². The van der Waals surface area contributed by atoms with Gasteiger partial charge in [0.05, 0.1) is 32.1 Å². The number of rotatable bonds is 6. The van der Waals surface area contributed by atoms with Gasteiger partial charge in [-0.15, -0.1) is 0 Å². The van der Waals surface area contributed by atoms with E-state index >= 15 is 0 Å². The molecule has 2 N–H and O–H groups in total. The molecule has 1 aromatic heterocycles. The number of benzene rings is 1. The molecule has 0 aliphatic rings. The monoisotopic (exact) mass is 289 g/mol. The van der Waals surface area contributed by atoms with Crippen LogP contribution in [0.25, 0.3) is 0 Å². The Hall–Kier alpha value is -2.34. The van der Waals surface area contributed by atoms with Gasteiger partial charge in [-0.3, -0.25) is 4.79 Å². The maximum Gasteiger partial charge on any atom is 0.269 e. The van der Waals surface area contributed by atoms with Gasteiger partial charge < -0.3 is 15.2 Å². The molecule has 0 aliphatic heterocycles. The SMILES string of the molecule is COc1ccc(Cn2ncc(N[C@@H](C)CO)cc2=O)cc1. The van der Waals surface area contributed by atoms with E-state index in [4.69, 9.17) is 9.84 Å². The highest BCUT2D eigenvalue weighted by molar-refractivity contribution is 5.39. The normalized spacial score (nSPS) is 12.0. The first kappa shape index (κ1) is 15.1. The van der Waals surface area contributed by atoms with Crippen LogP contribution in [-0.2, 0) is 6.54 Å². The molecule has 1 aromatic carbocycles. The van der Waals surface area contributed by atoms with E-state index in [0.29, 0.717) is 12.2 Å². The summed E-state index contributed by atoms with van der Waals surface area (Å²) in [6, 6.07) is 8.84. The summed E-state index contributed by atoms with van der Waals surface area (Å²) in [7, 11) is 1.61. The summed E-state index contributed by atoms with van der Waals surface area (Å²) in [5.74, 6) is 0.775. The van der Waals surface area contributed by atoms with Crippen molar-refractivity contribution in [3.05, 3.63) is 52.4 Å². The van der Waals surface area contributed by atoms with Crippen LogP contribution >= 0.6 is 0 Å². The van der Waals surface area contributed by atoms with Crippen LogP contribution in [0.2, 0.25) is 0 Å². The van der Waals surface area contributed by atoms with Crippen LogP contribution in [0.3, 0.4) is 0 Å². The van der Waals surface area contributed by atoms with Crippen molar-refractivity contribution in [1.82, 2.24) is 9.78 Å². The van der Waals surface area contributed by atoms with Crippen molar-refractivity contribution >= 4 is 5.69 Å². The van der Waals surface area contributed by atoms with Crippen LogP contribution in [0.1, 0.15) is 12.5 Å². The number of aliphatic hydroxyl groups excluding tert-OH is 1. The second-order valence-electron chi connectivity index (χ2n) is 4.82. The molecule has 1 heterocycles. The summed E-state index contributed by atoms with van der Waals surface area (Å²) < 4.78 is 6.48. The Balaban J connectivity index is 2.11. The topological polar surface area (TPSA) is 76.4 Å². The van der Waals surface area contributed by atoms with E-state index in [-0.39, 0.29) is 18.2 Å². The summed E-state index contributed by atoms with van der Waals surface area (Å²) >= 11 is 0. The minimum Gasteiger partial charge on any atom is -0.497 e. The fraction of sp³-hybridized carbons (Fsp3) is 0.333. The molecule has 0 unspecified atom stereocenters. The number of ether oxygens (including phenoxy) is 1. The van der Waals surface area contributed by atoms with E-state index in [1.807, 2.05) is 31.2 Å². The molecule has 2 rings (SSSR count). The van der Waals surface area contributed by atoms with Crippen LogP contribution < -0.4 is 15.6 Å². The summed E-state index contributed by atoms with van der Waals surface area (Å²) in [5, 5.41) is 16.1. The van der Waals surface area contributed by atoms with Crippen molar-refractivity contribution in [2.24, 2.45) is 0 Å². The van der Waals surface area contributed by atoms with Gasteiger partial charge in [-0.2, -0.15) is 5.10 Å². The molecule has 0 radical (unpaired) electrons. The van der Waals surface area contributed by atoms with E-state index in [1.165, 1.54) is 10.7 Å². The zero-order valence-electron chi connectivity index (χ0n) is 12.1. The zero-order chi connectivity index (χ0) is 15.2. The predicted octanol–water partition coefficient (Wildman–Crippen LogP) is 1.09. The molecule has 0 saturated carbocycles. The number of anilines is 1. The van der Waals surface area contributed by atoms with Gasteiger partial charge in [-0.05, 0) is 24.6 Å². The Morgan fingerprint density at radius 1 is 1.38 bits per heavy atom. The lowest BCUT2D eigenvalue weighted by Crippen LogP contribution is -2.25. The lowest BCUT2D eigenvalue weighted by molar-refractivity contribution is 0.281. The van der Waals surface area contributed by atoms with Crippen molar-refractivity contribution in [3.8, 4) is 5.75 Å². The fourth-order valence-electron chi connectivity index (χ4n) is 1.87. The average Bonchev–Trinajstić information content (AvgIpc) is 2.50. The number of aromatic nitrogens is 2. The summed E-state index contributed by atoms with van der Waals surface area (Å²) in [5.41, 5.74) is 1.38. The highest BCUT2D eigenvalue weighted by Crippen LogP contribution is 2.11. The lowest BCUT2D eigenvalue weighted by Gasteiger charge is -2.12. The standard InChI is InChI=1S/C15H19N3O3/c1-11(10-19)17-13-7-15(20)18(16-8-13)9-12-3-5-14(21-2)6-4-12/h3-8,11,17,19H,9-10H2,1-2H3/t11-/m0/s1. The second kappa shape index (κ2) is 6.90. The van der Waals surface area contributed by atoms with Gasteiger partial charge in [0.15, 0.2) is 0 Å². The van der Waals surface area contributed by atoms with E-state index in [1.54, 1.807) is 13.3 Å². The largest absolute Gasteiger partial charge is 0.497 e. The number of aliphatic hydroxyl groups is 1. The molecule has 0 fully saturated rings. The molecule has 0 bridgehead atoms.